The minimum Gasteiger partial charge on any atom is -0.468 e. The van der Waals surface area contributed by atoms with Crippen molar-refractivity contribution in [2.45, 2.75) is 39.8 Å². The zero-order valence-corrected chi connectivity index (χ0v) is 11.3. The average Bonchev–Trinajstić information content (AvgIpc) is 2.82. The van der Waals surface area contributed by atoms with Gasteiger partial charge in [-0.15, -0.1) is 5.10 Å². The van der Waals surface area contributed by atoms with Gasteiger partial charge in [0.1, 0.15) is 0 Å². The Morgan fingerprint density at radius 3 is 2.83 bits per heavy atom. The lowest BCUT2D eigenvalue weighted by Gasteiger charge is -2.17. The summed E-state index contributed by atoms with van der Waals surface area (Å²) < 4.78 is 6.45. The summed E-state index contributed by atoms with van der Waals surface area (Å²) in [5.41, 5.74) is 0. The van der Waals surface area contributed by atoms with E-state index in [0.717, 1.165) is 31.8 Å². The van der Waals surface area contributed by atoms with Gasteiger partial charge in [-0.2, -0.15) is 0 Å². The van der Waals surface area contributed by atoms with Crippen LogP contribution in [0.25, 0.3) is 0 Å². The van der Waals surface area contributed by atoms with Crippen molar-refractivity contribution in [1.82, 2.24) is 25.1 Å². The van der Waals surface area contributed by atoms with E-state index in [2.05, 4.69) is 27.2 Å². The molecule has 0 saturated carbocycles. The first-order valence-electron chi connectivity index (χ1n) is 6.25. The first kappa shape index (κ1) is 14.6. The molecule has 0 bridgehead atoms. The van der Waals surface area contributed by atoms with Gasteiger partial charge in [0, 0.05) is 6.54 Å². The number of esters is 1. The van der Waals surface area contributed by atoms with E-state index in [1.807, 2.05) is 11.8 Å². The molecule has 0 aliphatic rings. The SMILES string of the molecule is CCCCn1nnnc1CN(CC)CC(=O)OC. The normalized spacial score (nSPS) is 10.9. The molecule has 0 aromatic carbocycles. The summed E-state index contributed by atoms with van der Waals surface area (Å²) >= 11 is 0. The van der Waals surface area contributed by atoms with E-state index in [0.29, 0.717) is 6.54 Å². The van der Waals surface area contributed by atoms with Gasteiger partial charge in [-0.25, -0.2) is 4.68 Å². The Balaban J connectivity index is 2.58. The maximum Gasteiger partial charge on any atom is 0.319 e. The number of methoxy groups -OCH3 is 1. The molecule has 1 aromatic heterocycles. The summed E-state index contributed by atoms with van der Waals surface area (Å²) in [6, 6.07) is 0. The highest BCUT2D eigenvalue weighted by Crippen LogP contribution is 2.02. The van der Waals surface area contributed by atoms with Gasteiger partial charge in [-0.3, -0.25) is 9.69 Å². The summed E-state index contributed by atoms with van der Waals surface area (Å²) in [5.74, 6) is 0.540. The van der Waals surface area contributed by atoms with Gasteiger partial charge in [-0.1, -0.05) is 20.3 Å². The summed E-state index contributed by atoms with van der Waals surface area (Å²) in [6.45, 7) is 6.49. The molecule has 0 radical (unpaired) electrons. The monoisotopic (exact) mass is 255 g/mol. The van der Waals surface area contributed by atoms with Crippen LogP contribution in [-0.4, -0.2) is 51.3 Å². The predicted molar refractivity (Wildman–Crippen MR) is 65.7 cm³/mol. The standard InChI is InChI=1S/C11H21N5O2/c1-4-6-7-16-10(12-13-14-16)8-15(5-2)9-11(17)18-3/h4-9H2,1-3H3. The molecule has 102 valence electrons. The van der Waals surface area contributed by atoms with Crippen molar-refractivity contribution in [2.24, 2.45) is 0 Å². The molecule has 0 amide bonds. The van der Waals surface area contributed by atoms with E-state index in [-0.39, 0.29) is 12.5 Å². The maximum absolute atomic E-state index is 11.2. The molecule has 0 atom stereocenters. The quantitative estimate of drug-likeness (QED) is 0.629. The number of hydrogen-bond donors (Lipinski definition) is 0. The van der Waals surface area contributed by atoms with Crippen LogP contribution in [0.5, 0.6) is 0 Å². The number of nitrogens with zero attached hydrogens (tertiary/aromatic N) is 5. The van der Waals surface area contributed by atoms with Crippen LogP contribution in [-0.2, 0) is 22.6 Å². The van der Waals surface area contributed by atoms with E-state index in [9.17, 15) is 4.79 Å². The third-order valence-electron chi connectivity index (χ3n) is 2.72. The molecule has 0 aliphatic carbocycles. The highest BCUT2D eigenvalue weighted by atomic mass is 16.5. The lowest BCUT2D eigenvalue weighted by molar-refractivity contribution is -0.142. The lowest BCUT2D eigenvalue weighted by Crippen LogP contribution is -2.31. The number of likely N-dealkylation sites (N-methyl/N-ethyl adjacent to an activating group) is 1. The van der Waals surface area contributed by atoms with Crippen LogP contribution >= 0.6 is 0 Å². The molecule has 0 N–H and O–H groups in total. The second-order valence-corrected chi connectivity index (χ2v) is 4.05. The third kappa shape index (κ3) is 4.40. The van der Waals surface area contributed by atoms with Gasteiger partial charge in [0.05, 0.1) is 20.2 Å². The Labute approximate surface area is 107 Å². The third-order valence-corrected chi connectivity index (χ3v) is 2.72. The van der Waals surface area contributed by atoms with Crippen LogP contribution < -0.4 is 0 Å². The molecule has 0 aliphatic heterocycles. The molecule has 7 nitrogen and oxygen atoms in total. The van der Waals surface area contributed by atoms with Crippen LogP contribution in [0.4, 0.5) is 0 Å². The summed E-state index contributed by atoms with van der Waals surface area (Å²) in [7, 11) is 1.39. The molecule has 0 unspecified atom stereocenters. The van der Waals surface area contributed by atoms with E-state index >= 15 is 0 Å². The summed E-state index contributed by atoms with van der Waals surface area (Å²) in [5, 5.41) is 11.6. The second kappa shape index (κ2) is 7.75. The Kier molecular flexibility index (Phi) is 6.27. The number of aryl methyl sites for hydroxylation is 1. The topological polar surface area (TPSA) is 73.1 Å². The molecule has 1 aromatic rings. The van der Waals surface area contributed by atoms with E-state index < -0.39 is 0 Å². The molecular weight excluding hydrogens is 234 g/mol. The van der Waals surface area contributed by atoms with Crippen molar-refractivity contribution in [3.63, 3.8) is 0 Å². The maximum atomic E-state index is 11.2. The van der Waals surface area contributed by atoms with Gasteiger partial charge >= 0.3 is 5.97 Å². The molecular formula is C11H21N5O2. The zero-order valence-electron chi connectivity index (χ0n) is 11.3. The molecule has 0 spiro atoms. The van der Waals surface area contributed by atoms with Crippen molar-refractivity contribution in [1.29, 1.82) is 0 Å². The van der Waals surface area contributed by atoms with E-state index in [1.165, 1.54) is 7.11 Å². The smallest absolute Gasteiger partial charge is 0.319 e. The van der Waals surface area contributed by atoms with Crippen molar-refractivity contribution >= 4 is 5.97 Å². The van der Waals surface area contributed by atoms with Gasteiger partial charge in [0.25, 0.3) is 0 Å². The second-order valence-electron chi connectivity index (χ2n) is 4.05. The van der Waals surface area contributed by atoms with Gasteiger partial charge in [0.2, 0.25) is 0 Å². The van der Waals surface area contributed by atoms with E-state index in [1.54, 1.807) is 4.68 Å². The minimum absolute atomic E-state index is 0.246. The van der Waals surface area contributed by atoms with Crippen LogP contribution in [0.2, 0.25) is 0 Å². The largest absolute Gasteiger partial charge is 0.468 e. The zero-order chi connectivity index (χ0) is 13.4. The molecule has 1 rings (SSSR count). The van der Waals surface area contributed by atoms with Crippen molar-refractivity contribution in [3.05, 3.63) is 5.82 Å². The average molecular weight is 255 g/mol. The van der Waals surface area contributed by atoms with Crippen molar-refractivity contribution in [3.8, 4) is 0 Å². The molecule has 0 fully saturated rings. The Hall–Kier alpha value is -1.50. The number of unbranched alkanes of at least 4 members (excludes halogenated alkanes) is 1. The number of aromatic nitrogens is 4. The number of carbonyl (C=O) groups is 1. The van der Waals surface area contributed by atoms with E-state index in [4.69, 9.17) is 0 Å². The predicted octanol–water partition coefficient (Wildman–Crippen LogP) is 0.468. The Morgan fingerprint density at radius 2 is 2.22 bits per heavy atom. The molecule has 1 heterocycles. The number of rotatable bonds is 8. The fraction of sp³-hybridized carbons (Fsp3) is 0.818. The highest BCUT2D eigenvalue weighted by molar-refractivity contribution is 5.71. The number of carbonyl (C=O) groups excluding carboxylic acids is 1. The molecule has 7 heteroatoms. The lowest BCUT2D eigenvalue weighted by atomic mass is 10.3. The number of ether oxygens (including phenoxy) is 1. The first-order chi connectivity index (χ1) is 8.71. The van der Waals surface area contributed by atoms with Gasteiger partial charge < -0.3 is 4.74 Å². The van der Waals surface area contributed by atoms with Crippen LogP contribution in [0.3, 0.4) is 0 Å². The first-order valence-corrected chi connectivity index (χ1v) is 6.25. The Morgan fingerprint density at radius 1 is 1.44 bits per heavy atom. The van der Waals surface area contributed by atoms with Gasteiger partial charge in [-0.05, 0) is 23.4 Å². The fourth-order valence-corrected chi connectivity index (χ4v) is 1.54. The van der Waals surface area contributed by atoms with Gasteiger partial charge in [0.15, 0.2) is 5.82 Å². The molecule has 18 heavy (non-hydrogen) atoms. The van der Waals surface area contributed by atoms with Crippen LogP contribution in [0.15, 0.2) is 0 Å². The Bertz CT molecular complexity index is 366. The van der Waals surface area contributed by atoms with Crippen molar-refractivity contribution in [2.75, 3.05) is 20.2 Å². The summed E-state index contributed by atoms with van der Waals surface area (Å²) in [4.78, 5) is 13.2. The number of hydrogen-bond acceptors (Lipinski definition) is 6. The van der Waals surface area contributed by atoms with Crippen LogP contribution in [0, 0.1) is 0 Å². The number of tetrazole rings is 1. The fourth-order valence-electron chi connectivity index (χ4n) is 1.54. The minimum atomic E-state index is -0.246. The van der Waals surface area contributed by atoms with Crippen molar-refractivity contribution < 1.29 is 9.53 Å². The summed E-state index contributed by atoms with van der Waals surface area (Å²) in [6.07, 6.45) is 2.14. The van der Waals surface area contributed by atoms with Crippen LogP contribution in [0.1, 0.15) is 32.5 Å². The molecule has 0 saturated heterocycles. The highest BCUT2D eigenvalue weighted by Gasteiger charge is 2.14.